The summed E-state index contributed by atoms with van der Waals surface area (Å²) in [6.07, 6.45) is 23.5. The van der Waals surface area contributed by atoms with Gasteiger partial charge in [0, 0.05) is 50.6 Å². The molecule has 0 radical (unpaired) electrons. The molecule has 57 heavy (non-hydrogen) atoms. The normalized spacial score (nSPS) is 15.2. The maximum Gasteiger partial charge on any atom is 0.0916 e. The molecule has 2 atom stereocenters. The predicted molar refractivity (Wildman–Crippen MR) is 232 cm³/mol. The molecule has 8 nitrogen and oxygen atoms in total. The van der Waals surface area contributed by atoms with E-state index in [-0.39, 0.29) is 38.4 Å². The molecule has 2 aromatic heterocycles. The molecule has 2 fully saturated rings. The quantitative estimate of drug-likeness (QED) is 0.0903. The Labute approximate surface area is 361 Å². The minimum atomic E-state index is -0.143. The Kier molecular flexibility index (Phi) is 21.8. The molecule has 0 saturated heterocycles. The number of imidazole rings is 2. The van der Waals surface area contributed by atoms with Gasteiger partial charge in [0.05, 0.1) is 12.7 Å². The predicted octanol–water partition coefficient (Wildman–Crippen LogP) is 13.0. The van der Waals surface area contributed by atoms with Crippen LogP contribution in [0.4, 0.5) is 0 Å². The van der Waals surface area contributed by atoms with Gasteiger partial charge in [-0.2, -0.15) is 61.8 Å². The van der Waals surface area contributed by atoms with Crippen molar-refractivity contribution in [3.63, 3.8) is 0 Å². The van der Waals surface area contributed by atoms with Crippen molar-refractivity contribution >= 4 is 0 Å². The van der Waals surface area contributed by atoms with Crippen LogP contribution >= 0.6 is 0 Å². The molecular weight excluding hydrogens is 867 g/mol. The Bertz CT molecular complexity index is 1640. The fraction of sp³-hybridized carbons (Fsp3) is 0.333. The average Bonchev–Trinajstić information content (AvgIpc) is 4.01. The SMILES string of the molecule is [CH2-]c1ccccc1.[CH2-]c1ccccc1.[Hf].c1ccc(C[N-]C([N-]C2CCCCC2)n2ccnc2)cc1.c1ccc(C[N-]C([N-]C2CCCCC2)n2ccnc2)cc1. The van der Waals surface area contributed by atoms with E-state index in [0.29, 0.717) is 25.2 Å². The van der Waals surface area contributed by atoms with Crippen molar-refractivity contribution in [3.8, 4) is 0 Å². The van der Waals surface area contributed by atoms with Gasteiger partial charge in [0.25, 0.3) is 0 Å². The topological polar surface area (TPSA) is 92.0 Å². The molecule has 0 spiro atoms. The molecule has 2 unspecified atom stereocenters. The van der Waals surface area contributed by atoms with Crippen molar-refractivity contribution in [1.29, 1.82) is 0 Å². The fourth-order valence-corrected chi connectivity index (χ4v) is 6.58. The number of rotatable bonds is 12. The van der Waals surface area contributed by atoms with Gasteiger partial charge in [-0.05, 0) is 0 Å². The number of aromatic nitrogens is 4. The van der Waals surface area contributed by atoms with Crippen LogP contribution in [0, 0.1) is 13.8 Å². The summed E-state index contributed by atoms with van der Waals surface area (Å²) >= 11 is 0. The summed E-state index contributed by atoms with van der Waals surface area (Å²) < 4.78 is 4.00. The molecule has 6 aromatic rings. The summed E-state index contributed by atoms with van der Waals surface area (Å²) in [5.41, 5.74) is 4.59. The minimum Gasteiger partial charge on any atom is -0.658 e. The first kappa shape index (κ1) is 45.5. The first-order valence-electron chi connectivity index (χ1n) is 20.1. The van der Waals surface area contributed by atoms with E-state index in [4.69, 9.17) is 21.3 Å². The summed E-state index contributed by atoms with van der Waals surface area (Å²) in [5.74, 6) is 0. The Morgan fingerprint density at radius 3 is 1.11 bits per heavy atom. The van der Waals surface area contributed by atoms with Crippen LogP contribution in [0.2, 0.25) is 0 Å². The van der Waals surface area contributed by atoms with Gasteiger partial charge in [0.1, 0.15) is 0 Å². The van der Waals surface area contributed by atoms with Crippen LogP contribution in [0.1, 0.15) is 99.0 Å². The molecule has 300 valence electrons. The van der Waals surface area contributed by atoms with E-state index in [2.05, 4.69) is 72.3 Å². The van der Waals surface area contributed by atoms with Crippen molar-refractivity contribution in [3.05, 3.63) is 216 Å². The van der Waals surface area contributed by atoms with Crippen molar-refractivity contribution in [2.24, 2.45) is 0 Å². The molecule has 0 aliphatic heterocycles. The molecule has 2 heterocycles. The molecule has 0 bridgehead atoms. The van der Waals surface area contributed by atoms with Gasteiger partial charge in [-0.25, -0.2) is 9.97 Å². The van der Waals surface area contributed by atoms with Gasteiger partial charge in [-0.15, -0.1) is 49.4 Å². The monoisotopic (exact) mass is 926 g/mol. The molecule has 8 rings (SSSR count). The second-order valence-electron chi connectivity index (χ2n) is 14.2. The number of hydrogen-bond donors (Lipinski definition) is 0. The Morgan fingerprint density at radius 2 is 0.825 bits per heavy atom. The molecule has 4 aromatic carbocycles. The summed E-state index contributed by atoms with van der Waals surface area (Å²) in [7, 11) is 0. The summed E-state index contributed by atoms with van der Waals surface area (Å²) in [6.45, 7) is 8.83. The maximum atomic E-state index is 4.95. The van der Waals surface area contributed by atoms with Crippen LogP contribution in [0.25, 0.3) is 21.3 Å². The van der Waals surface area contributed by atoms with Crippen LogP contribution in [-0.2, 0) is 38.9 Å². The molecule has 0 N–H and O–H groups in total. The van der Waals surface area contributed by atoms with Crippen molar-refractivity contribution in [2.45, 2.75) is 102 Å². The third kappa shape index (κ3) is 18.3. The van der Waals surface area contributed by atoms with Gasteiger partial charge in [0.15, 0.2) is 0 Å². The van der Waals surface area contributed by atoms with Crippen LogP contribution in [0.5, 0.6) is 0 Å². The molecular formula is C48H58HfN8-6. The van der Waals surface area contributed by atoms with Gasteiger partial charge >= 0.3 is 0 Å². The van der Waals surface area contributed by atoms with Gasteiger partial charge in [-0.3, -0.25) is 0 Å². The van der Waals surface area contributed by atoms with E-state index in [0.717, 1.165) is 11.1 Å². The summed E-state index contributed by atoms with van der Waals surface area (Å²) in [4.78, 5) is 8.27. The molecule has 0 amide bonds. The van der Waals surface area contributed by atoms with Gasteiger partial charge in [-0.1, -0.05) is 148 Å². The molecule has 2 aliphatic carbocycles. The molecule has 2 saturated carbocycles. The number of nitrogens with zero attached hydrogens (tertiary/aromatic N) is 8. The fourth-order valence-electron chi connectivity index (χ4n) is 6.58. The number of hydrogen-bond acceptors (Lipinski definition) is 2. The number of benzene rings is 4. The zero-order chi connectivity index (χ0) is 38.9. The van der Waals surface area contributed by atoms with E-state index in [1.165, 1.54) is 75.3 Å². The van der Waals surface area contributed by atoms with Crippen LogP contribution in [-0.4, -0.2) is 31.2 Å². The van der Waals surface area contributed by atoms with Crippen LogP contribution < -0.4 is 0 Å². The Balaban J connectivity index is 0.000000187. The van der Waals surface area contributed by atoms with Crippen LogP contribution in [0.3, 0.4) is 0 Å². The van der Waals surface area contributed by atoms with Crippen molar-refractivity contribution < 1.29 is 25.8 Å². The van der Waals surface area contributed by atoms with E-state index in [1.54, 1.807) is 12.4 Å². The summed E-state index contributed by atoms with van der Waals surface area (Å²) in [5, 5.41) is 19.5. The first-order chi connectivity index (χ1) is 27.6. The average molecular weight is 926 g/mol. The molecule has 2 aliphatic rings. The minimum absolute atomic E-state index is 0. The van der Waals surface area contributed by atoms with E-state index >= 15 is 0 Å². The first-order valence-corrected chi connectivity index (χ1v) is 20.1. The standard InChI is InChI=1S/2C17H22N4.2C7H7.Hf/c2*1-3-7-15(8-4-1)13-19-17(21-12-11-18-14-21)20-16-9-5-2-6-10-16;2*1-7-5-3-2-4-6-7;/h2*1,3-4,7-8,11-12,14,16-17H,2,5-6,9-10,13H2;2*2-6H,1H2;/q2*-2;2*-1;. The Morgan fingerprint density at radius 1 is 0.491 bits per heavy atom. The zero-order valence-electron chi connectivity index (χ0n) is 33.3. The smallest absolute Gasteiger partial charge is 0.0916 e. The van der Waals surface area contributed by atoms with Crippen LogP contribution in [0.15, 0.2) is 159 Å². The third-order valence-corrected chi connectivity index (χ3v) is 9.67. The second kappa shape index (κ2) is 27.4. The van der Waals surface area contributed by atoms with Gasteiger partial charge < -0.3 is 30.4 Å². The zero-order valence-corrected chi connectivity index (χ0v) is 36.9. The molecule has 9 heteroatoms. The van der Waals surface area contributed by atoms with E-state index < -0.39 is 0 Å². The van der Waals surface area contributed by atoms with Crippen molar-refractivity contribution in [1.82, 2.24) is 19.1 Å². The van der Waals surface area contributed by atoms with Crippen molar-refractivity contribution in [2.75, 3.05) is 0 Å². The second-order valence-corrected chi connectivity index (χ2v) is 14.2. The summed E-state index contributed by atoms with van der Waals surface area (Å²) in [6, 6.07) is 41.3. The largest absolute Gasteiger partial charge is 0.658 e. The Hall–Kier alpha value is -4.25. The van der Waals surface area contributed by atoms with E-state index in [9.17, 15) is 0 Å². The van der Waals surface area contributed by atoms with E-state index in [1.807, 2.05) is 107 Å². The third-order valence-electron chi connectivity index (χ3n) is 9.67. The van der Waals surface area contributed by atoms with Gasteiger partial charge in [0.2, 0.25) is 0 Å². The maximum absolute atomic E-state index is 4.95.